The minimum atomic E-state index is -0.822. The lowest BCUT2D eigenvalue weighted by atomic mass is 11.1. The molecule has 0 bridgehead atoms. The van der Waals surface area contributed by atoms with Crippen LogP contribution in [-0.2, 0) is 0 Å². The molecule has 0 heterocycles. The molecule has 0 saturated heterocycles. The van der Waals surface area contributed by atoms with E-state index in [4.69, 9.17) is 5.73 Å². The zero-order chi connectivity index (χ0) is 4.99. The highest BCUT2D eigenvalue weighted by Gasteiger charge is 1.80. The van der Waals surface area contributed by atoms with Gasteiger partial charge in [-0.1, -0.05) is 0 Å². The first-order chi connectivity index (χ1) is 2.77. The maximum atomic E-state index is 9.54. The number of hydrogen-bond acceptors (Lipinski definition) is 2. The zero-order valence-corrected chi connectivity index (χ0v) is 3.41. The molecule has 0 rings (SSSR count). The first-order valence-electron chi connectivity index (χ1n) is 1.45. The van der Waals surface area contributed by atoms with E-state index in [0.29, 0.717) is 0 Å². The van der Waals surface area contributed by atoms with Gasteiger partial charge in [-0.15, -0.1) is 0 Å². The van der Waals surface area contributed by atoms with Gasteiger partial charge in [0.1, 0.15) is 0 Å². The lowest BCUT2D eigenvalue weighted by Gasteiger charge is -1.90. The summed E-state index contributed by atoms with van der Waals surface area (Å²) in [5.41, 5.74) is 10.4. The van der Waals surface area contributed by atoms with Gasteiger partial charge in [0.2, 0.25) is 0 Å². The Bertz CT molecular complexity index is 52.8. The Labute approximate surface area is 35.7 Å². The summed E-state index contributed by atoms with van der Waals surface area (Å²) in [5, 5.41) is 0. The van der Waals surface area contributed by atoms with Crippen LogP contribution in [-0.4, -0.2) is 13.1 Å². The number of hydrazine groups is 1. The lowest BCUT2D eigenvalue weighted by Crippen LogP contribution is -2.33. The van der Waals surface area contributed by atoms with Crippen molar-refractivity contribution in [1.29, 1.82) is 0 Å². The van der Waals surface area contributed by atoms with Gasteiger partial charge in [-0.05, 0) is 0 Å². The van der Waals surface area contributed by atoms with E-state index < -0.39 is 6.03 Å². The number of hydrogen-bond donors (Lipinski definition) is 2. The monoisotopic (exact) mass is 88.1 g/mol. The topological polar surface area (TPSA) is 64.9 Å². The zero-order valence-electron chi connectivity index (χ0n) is 3.41. The Morgan fingerprint density at radius 3 is 2.33 bits per heavy atom. The van der Waals surface area contributed by atoms with E-state index in [9.17, 15) is 4.79 Å². The minimum Gasteiger partial charge on any atom is -0.272 e. The summed E-state index contributed by atoms with van der Waals surface area (Å²) in [6.07, 6.45) is 0. The highest BCUT2D eigenvalue weighted by Crippen LogP contribution is 1.44. The molecule has 2 amide bonds. The molecule has 0 aliphatic heterocycles. The fourth-order valence-corrected chi connectivity index (χ4v) is 0.114. The van der Waals surface area contributed by atoms with Crippen molar-refractivity contribution >= 4 is 6.03 Å². The maximum absolute atomic E-state index is 9.54. The smallest absolute Gasteiger partial charge is 0.272 e. The summed E-state index contributed by atoms with van der Waals surface area (Å²) in [6, 6.07) is -0.822. The molecule has 0 unspecified atom stereocenters. The van der Waals surface area contributed by atoms with Crippen molar-refractivity contribution in [1.82, 2.24) is 16.6 Å². The summed E-state index contributed by atoms with van der Waals surface area (Å²) in [7, 11) is 1.52. The molecule has 0 spiro atoms. The number of nitrogens with one attached hydrogen (secondary N) is 3. The molecule has 0 atom stereocenters. The van der Waals surface area contributed by atoms with Crippen molar-refractivity contribution in [3.63, 3.8) is 0 Å². The van der Waals surface area contributed by atoms with Crippen LogP contribution < -0.4 is 16.6 Å². The number of urea groups is 1. The molecule has 4 heteroatoms. The summed E-state index contributed by atoms with van der Waals surface area (Å²) in [5.74, 6) is 0. The molecule has 3 N–H and O–H groups in total. The molecule has 6 heavy (non-hydrogen) atoms. The second-order valence-corrected chi connectivity index (χ2v) is 0.704. The predicted molar refractivity (Wildman–Crippen MR) is 20.7 cm³/mol. The normalized spacial score (nSPS) is 7.50. The third kappa shape index (κ3) is 3.23. The number of rotatable bonds is 1. The third-order valence-corrected chi connectivity index (χ3v) is 0.239. The van der Waals surface area contributed by atoms with Crippen LogP contribution in [0.1, 0.15) is 0 Å². The molecule has 0 aromatic rings. The van der Waals surface area contributed by atoms with Crippen LogP contribution in [0.25, 0.3) is 0 Å². The van der Waals surface area contributed by atoms with Crippen LogP contribution in [0.3, 0.4) is 0 Å². The van der Waals surface area contributed by atoms with Crippen LogP contribution in [0.2, 0.25) is 0 Å². The highest BCUT2D eigenvalue weighted by atomic mass is 16.2. The van der Waals surface area contributed by atoms with Crippen molar-refractivity contribution in [2.45, 2.75) is 0 Å². The van der Waals surface area contributed by atoms with Crippen molar-refractivity contribution < 1.29 is 4.79 Å². The molecule has 1 radical (unpaired) electrons. The van der Waals surface area contributed by atoms with Gasteiger partial charge in [0.25, 0.3) is 0 Å². The number of carbonyl (C=O) groups is 1. The van der Waals surface area contributed by atoms with Crippen LogP contribution in [0, 0.1) is 0 Å². The van der Waals surface area contributed by atoms with Gasteiger partial charge < -0.3 is 0 Å². The average Bonchev–Trinajstić information content (AvgIpc) is 1.35. The minimum absolute atomic E-state index is 0.822. The van der Waals surface area contributed by atoms with Gasteiger partial charge in [-0.2, -0.15) is 0 Å². The van der Waals surface area contributed by atoms with E-state index in [1.807, 2.05) is 5.43 Å². The van der Waals surface area contributed by atoms with Crippen molar-refractivity contribution in [2.24, 2.45) is 0 Å². The lowest BCUT2D eigenvalue weighted by molar-refractivity contribution is 0.244. The summed E-state index contributed by atoms with van der Waals surface area (Å²) >= 11 is 0. The maximum Gasteiger partial charge on any atom is 0.347 e. The van der Waals surface area contributed by atoms with E-state index >= 15 is 0 Å². The molecule has 0 fully saturated rings. The van der Waals surface area contributed by atoms with Crippen molar-refractivity contribution in [3.8, 4) is 0 Å². The number of amides is 2. The van der Waals surface area contributed by atoms with Gasteiger partial charge in [0, 0.05) is 7.05 Å². The Morgan fingerprint density at radius 2 is 2.33 bits per heavy atom. The Hall–Kier alpha value is -0.770. The van der Waals surface area contributed by atoms with E-state index in [-0.39, 0.29) is 0 Å². The quantitative estimate of drug-likeness (QED) is 0.408. The fourth-order valence-electron chi connectivity index (χ4n) is 0.114. The van der Waals surface area contributed by atoms with E-state index in [2.05, 4.69) is 5.43 Å². The molecule has 35 valence electrons. The molecule has 4 nitrogen and oxygen atoms in total. The van der Waals surface area contributed by atoms with Crippen LogP contribution >= 0.6 is 0 Å². The van der Waals surface area contributed by atoms with Gasteiger partial charge >= 0.3 is 6.03 Å². The molecule has 0 aromatic heterocycles. The van der Waals surface area contributed by atoms with Gasteiger partial charge in [0.15, 0.2) is 0 Å². The van der Waals surface area contributed by atoms with Crippen LogP contribution in [0.4, 0.5) is 4.79 Å². The van der Waals surface area contributed by atoms with Gasteiger partial charge in [-0.3, -0.25) is 5.43 Å². The van der Waals surface area contributed by atoms with Gasteiger partial charge in [-0.25, -0.2) is 16.0 Å². The van der Waals surface area contributed by atoms with Crippen molar-refractivity contribution in [3.05, 3.63) is 0 Å². The van der Waals surface area contributed by atoms with E-state index in [0.717, 1.165) is 0 Å². The average molecular weight is 88.1 g/mol. The Balaban J connectivity index is 2.83. The standard InChI is InChI=1S/C2H6N3O/c1-4-5-2(3)6/h3-4H,1H3,(H,5,6). The van der Waals surface area contributed by atoms with Crippen LogP contribution in [0.5, 0.6) is 0 Å². The Morgan fingerprint density at radius 1 is 1.83 bits per heavy atom. The Kier molecular flexibility index (Phi) is 2.15. The fraction of sp³-hybridized carbons (Fsp3) is 0.500. The SMILES string of the molecule is CNNC([NH])=O. The third-order valence-electron chi connectivity index (χ3n) is 0.239. The molecular formula is C2H6N3O. The summed E-state index contributed by atoms with van der Waals surface area (Å²) < 4.78 is 0. The first kappa shape index (κ1) is 5.23. The largest absolute Gasteiger partial charge is 0.347 e. The highest BCUT2D eigenvalue weighted by molar-refractivity contribution is 5.69. The molecule has 0 aliphatic carbocycles. The first-order valence-corrected chi connectivity index (χ1v) is 1.45. The van der Waals surface area contributed by atoms with Crippen molar-refractivity contribution in [2.75, 3.05) is 7.05 Å². The predicted octanol–water partition coefficient (Wildman–Crippen LogP) is -0.887. The van der Waals surface area contributed by atoms with E-state index in [1.54, 1.807) is 0 Å². The summed E-state index contributed by atoms with van der Waals surface area (Å²) in [4.78, 5) is 9.54. The molecule has 0 aliphatic rings. The summed E-state index contributed by atoms with van der Waals surface area (Å²) in [6.45, 7) is 0. The molecule has 0 aromatic carbocycles. The second kappa shape index (κ2) is 2.47. The van der Waals surface area contributed by atoms with Crippen LogP contribution in [0.15, 0.2) is 0 Å². The molecule has 0 saturated carbocycles. The van der Waals surface area contributed by atoms with E-state index in [1.165, 1.54) is 7.05 Å². The second-order valence-electron chi connectivity index (χ2n) is 0.704. The number of carbonyl (C=O) groups excluding carboxylic acids is 1. The molecular weight excluding hydrogens is 82.0 g/mol. The van der Waals surface area contributed by atoms with Gasteiger partial charge in [0.05, 0.1) is 0 Å².